The molecule has 11 aromatic rings. The van der Waals surface area contributed by atoms with E-state index in [1.165, 1.54) is 83.9 Å². The Morgan fingerprint density at radius 1 is 0.344 bits per heavy atom. The van der Waals surface area contributed by atoms with E-state index in [1.54, 1.807) is 0 Å². The van der Waals surface area contributed by atoms with Gasteiger partial charge in [0.1, 0.15) is 10.9 Å². The van der Waals surface area contributed by atoms with Gasteiger partial charge in [0.15, 0.2) is 14.7 Å². The van der Waals surface area contributed by atoms with Crippen LogP contribution in [-0.4, -0.2) is 7.15 Å². The first kappa shape index (κ1) is 39.8. The third-order valence-electron chi connectivity index (χ3n) is 10.6. The van der Waals surface area contributed by atoms with Crippen LogP contribution in [0.4, 0.5) is 4.39 Å². The third kappa shape index (κ3) is 9.40. The van der Waals surface area contributed by atoms with Crippen LogP contribution in [0.25, 0.3) is 53.9 Å². The first-order valence-corrected chi connectivity index (χ1v) is 22.3. The zero-order valence-corrected chi connectivity index (χ0v) is 35.6. The molecule has 0 aliphatic rings. The molecular formula is C58H46FS2+. The van der Waals surface area contributed by atoms with Crippen LogP contribution in [0.1, 0.15) is 6.93 Å². The molecule has 3 heteroatoms. The lowest BCUT2D eigenvalue weighted by molar-refractivity contribution is 0.636. The van der Waals surface area contributed by atoms with Gasteiger partial charge >= 0.3 is 0 Å². The average molecular weight is 827 g/mol. The summed E-state index contributed by atoms with van der Waals surface area (Å²) in [5.74, 6) is 0. The monoisotopic (exact) mass is 826 g/mol. The average Bonchev–Trinajstić information content (AvgIpc) is 3.33. The molecule has 0 N–H and O–H groups in total. The lowest BCUT2D eigenvalue weighted by Crippen LogP contribution is -2.06. The summed E-state index contributed by atoms with van der Waals surface area (Å²) in [7, 11) is -1.16. The first-order valence-electron chi connectivity index (χ1n) is 21.0. The van der Waals surface area contributed by atoms with Gasteiger partial charge in [0.2, 0.25) is 0 Å². The van der Waals surface area contributed by atoms with E-state index in [1.807, 2.05) is 11.8 Å². The second-order valence-corrected chi connectivity index (χ2v) is 17.5. The van der Waals surface area contributed by atoms with Gasteiger partial charge in [0, 0.05) is 20.6 Å². The van der Waals surface area contributed by atoms with Gasteiger partial charge in [-0.25, -0.2) is 0 Å². The summed E-state index contributed by atoms with van der Waals surface area (Å²) >= 11 is 1.85. The van der Waals surface area contributed by atoms with Crippen molar-refractivity contribution in [1.82, 2.24) is 0 Å². The summed E-state index contributed by atoms with van der Waals surface area (Å²) in [6, 6.07) is 86.6. The summed E-state index contributed by atoms with van der Waals surface area (Å²) in [6.45, 7) is 2.14. The van der Waals surface area contributed by atoms with Crippen molar-refractivity contribution in [2.45, 2.75) is 31.4 Å². The zero-order valence-electron chi connectivity index (χ0n) is 35.0. The molecule has 0 aliphatic heterocycles. The van der Waals surface area contributed by atoms with Crippen molar-refractivity contribution in [3.63, 3.8) is 0 Å². The largest absolute Gasteiger partial charge is 0.255 e. The maximum atomic E-state index is 9.96. The summed E-state index contributed by atoms with van der Waals surface area (Å²) in [5, 5.41) is 13.2. The van der Waals surface area contributed by atoms with E-state index in [0.717, 1.165) is 0 Å². The maximum Gasteiger partial charge on any atom is 0.174 e. The molecule has 0 fully saturated rings. The molecule has 0 spiro atoms. The van der Waals surface area contributed by atoms with Crippen LogP contribution in [0.5, 0.6) is 0 Å². The number of hydrogen-bond donors (Lipinski definition) is 0. The summed E-state index contributed by atoms with van der Waals surface area (Å²) in [4.78, 5) is 6.74. The number of halogens is 1. The fraction of sp³-hybridized carbons (Fsp3) is 0.0345. The predicted molar refractivity (Wildman–Crippen MR) is 264 cm³/mol. The molecule has 0 amide bonds. The van der Waals surface area contributed by atoms with Crippen molar-refractivity contribution < 1.29 is 5.76 Å². The molecular weight excluding hydrogens is 780 g/mol. The smallest absolute Gasteiger partial charge is 0.174 e. The molecule has 296 valence electrons. The fourth-order valence-corrected chi connectivity index (χ4v) is 11.3. The minimum absolute atomic E-state index is 0.164. The number of aryl methyl sites for hydroxylation is 1. The van der Waals surface area contributed by atoms with E-state index < -0.39 is 7.15 Å². The first-order chi connectivity index (χ1) is 30.6. The number of benzene rings is 11. The van der Waals surface area contributed by atoms with Crippen LogP contribution in [-0.2, 0) is 10.9 Å². The van der Waals surface area contributed by atoms with Gasteiger partial charge < -0.3 is 0 Å². The van der Waals surface area contributed by atoms with E-state index in [9.17, 15) is 4.39 Å². The molecule has 0 bridgehead atoms. The Labute approximate surface area is 367 Å². The number of hydrogen-bond acceptors (Lipinski definition) is 1. The lowest BCUT2D eigenvalue weighted by Gasteiger charge is -2.12. The van der Waals surface area contributed by atoms with E-state index in [0.29, 0.717) is 0 Å². The molecule has 11 rings (SSSR count). The Balaban J connectivity index is 0.000000133. The van der Waals surface area contributed by atoms with Crippen LogP contribution in [0.2, 0.25) is 0 Å². The van der Waals surface area contributed by atoms with Gasteiger partial charge in [0.25, 0.3) is 0 Å². The summed E-state index contributed by atoms with van der Waals surface area (Å²) < 4.78 is 15.5. The molecule has 0 saturated carbocycles. The molecule has 0 unspecified atom stereocenters. The van der Waals surface area contributed by atoms with Gasteiger partial charge in [-0.15, -0.1) is 0 Å². The highest BCUT2D eigenvalue weighted by molar-refractivity contribution is 7.99. The van der Waals surface area contributed by atoms with Gasteiger partial charge in [-0.1, -0.05) is 206 Å². The predicted octanol–water partition coefficient (Wildman–Crippen LogP) is 17.0. The zero-order chi connectivity index (χ0) is 42.5. The van der Waals surface area contributed by atoms with E-state index in [-0.39, 0.29) is 10.9 Å². The highest BCUT2D eigenvalue weighted by atomic mass is 32.2. The molecule has 11 aromatic carbocycles. The molecule has 0 heterocycles. The van der Waals surface area contributed by atoms with Crippen LogP contribution < -0.4 is 0 Å². The minimum Gasteiger partial charge on any atom is -0.255 e. The normalized spacial score (nSPS) is 11.0. The Morgan fingerprint density at radius 3 is 1.10 bits per heavy atom. The molecule has 0 aliphatic carbocycles. The van der Waals surface area contributed by atoms with Crippen molar-refractivity contribution in [1.29, 1.82) is 0 Å². The molecule has 61 heavy (non-hydrogen) atoms. The SMILES string of the molecule is Cc1cccc2ccccc12.[2H]CF.c1ccc([S+](c2cccc3ccccc23)c2cccc3ccccc23)cc1.c1ccc2c(Sc3cccc4ccccc34)cccc2c1. The highest BCUT2D eigenvalue weighted by Gasteiger charge is 2.32. The second-order valence-electron chi connectivity index (χ2n) is 14.4. The van der Waals surface area contributed by atoms with Gasteiger partial charge in [-0.05, 0) is 104 Å². The maximum absolute atomic E-state index is 9.96. The van der Waals surface area contributed by atoms with Gasteiger partial charge in [0.05, 0.1) is 8.52 Å². The Hall–Kier alpha value is -6.65. The number of alkyl halides is 1. The van der Waals surface area contributed by atoms with E-state index in [4.69, 9.17) is 1.37 Å². The van der Waals surface area contributed by atoms with Crippen molar-refractivity contribution in [2.75, 3.05) is 7.15 Å². The Bertz CT molecular complexity index is 3020. The lowest BCUT2D eigenvalue weighted by atomic mass is 10.1. The fourth-order valence-electron chi connectivity index (χ4n) is 7.75. The van der Waals surface area contributed by atoms with E-state index in [2.05, 4.69) is 250 Å². The molecule has 0 saturated heterocycles. The number of rotatable bonds is 5. The van der Waals surface area contributed by atoms with Crippen LogP contribution in [0.3, 0.4) is 0 Å². The van der Waals surface area contributed by atoms with Crippen LogP contribution >= 0.6 is 11.8 Å². The van der Waals surface area contributed by atoms with E-state index >= 15 is 0 Å². The van der Waals surface area contributed by atoms with Gasteiger partial charge in [-0.2, -0.15) is 0 Å². The van der Waals surface area contributed by atoms with Crippen molar-refractivity contribution in [3.05, 3.63) is 248 Å². The van der Waals surface area contributed by atoms with Crippen LogP contribution in [0, 0.1) is 6.92 Å². The molecule has 0 atom stereocenters. The number of fused-ring (bicyclic) bond motifs is 5. The minimum atomic E-state index is -1.00. The van der Waals surface area contributed by atoms with Crippen LogP contribution in [0.15, 0.2) is 267 Å². The van der Waals surface area contributed by atoms with Crippen molar-refractivity contribution in [2.24, 2.45) is 0 Å². The quantitative estimate of drug-likeness (QED) is 0.156. The second kappa shape index (κ2) is 20.1. The molecule has 0 nitrogen and oxygen atoms in total. The Morgan fingerprint density at radius 2 is 0.656 bits per heavy atom. The van der Waals surface area contributed by atoms with Crippen molar-refractivity contribution >= 4 is 76.5 Å². The summed E-state index contributed by atoms with van der Waals surface area (Å²) in [6.07, 6.45) is 0. The highest BCUT2D eigenvalue weighted by Crippen LogP contribution is 2.39. The van der Waals surface area contributed by atoms with Crippen molar-refractivity contribution in [3.8, 4) is 0 Å². The molecule has 0 aromatic heterocycles. The standard InChI is InChI=1S/C26H19S.C20H14S.C11H10.CH3F/c1-2-14-22(15-3-1)27(25-18-8-12-20-10-4-6-16-23(20)25)26-19-9-13-21-11-5-7-17-24(21)26;1-3-11-17-15(7-1)9-5-13-19(17)21-20-14-6-10-16-8-2-4-12-18(16)20;1-9-5-4-7-10-6-2-3-8-11(9)10;1-2/h1-19H;1-14H;2-8H,1H3;1H3/q+1;;;/i;;;1D. The topological polar surface area (TPSA) is 0 Å². The summed E-state index contributed by atoms with van der Waals surface area (Å²) in [5.41, 5.74) is 1.35. The van der Waals surface area contributed by atoms with Gasteiger partial charge in [-0.3, -0.25) is 4.39 Å². The third-order valence-corrected chi connectivity index (χ3v) is 14.1. The Kier molecular flexibility index (Phi) is 13.1. The molecule has 0 radical (unpaired) electrons.